The Morgan fingerprint density at radius 2 is 2.00 bits per heavy atom. The number of pyridine rings is 2. The van der Waals surface area contributed by atoms with Gasteiger partial charge in [-0.3, -0.25) is 14.7 Å². The quantitative estimate of drug-likeness (QED) is 0.582. The van der Waals surface area contributed by atoms with Crippen LogP contribution in [0.5, 0.6) is 5.75 Å². The van der Waals surface area contributed by atoms with E-state index in [4.69, 9.17) is 19.4 Å². The Balaban J connectivity index is 1.19. The number of morpholine rings is 1. The molecule has 4 aliphatic heterocycles. The normalized spacial score (nSPS) is 20.4. The number of aromatic nitrogens is 2. The van der Waals surface area contributed by atoms with E-state index < -0.39 is 0 Å². The minimum Gasteiger partial charge on any atom is -0.485 e. The predicted molar refractivity (Wildman–Crippen MR) is 147 cm³/mol. The van der Waals surface area contributed by atoms with Crippen LogP contribution in [0.15, 0.2) is 31.0 Å². The molecule has 3 fully saturated rings. The van der Waals surface area contributed by atoms with Gasteiger partial charge in [-0.05, 0) is 37.5 Å². The lowest BCUT2D eigenvalue weighted by atomic mass is 9.90. The minimum absolute atomic E-state index is 0.0467. The minimum atomic E-state index is 0.0467. The number of hydrogen-bond acceptors (Lipinski definition) is 8. The third-order valence-electron chi connectivity index (χ3n) is 8.34. The lowest BCUT2D eigenvalue weighted by Crippen LogP contribution is -2.54. The highest BCUT2D eigenvalue weighted by molar-refractivity contribution is 5.87. The van der Waals surface area contributed by atoms with E-state index in [0.29, 0.717) is 18.6 Å². The van der Waals surface area contributed by atoms with Crippen molar-refractivity contribution in [3.8, 4) is 5.75 Å². The van der Waals surface area contributed by atoms with Gasteiger partial charge in [0.05, 0.1) is 30.2 Å². The maximum absolute atomic E-state index is 11.9. The Morgan fingerprint density at radius 3 is 2.74 bits per heavy atom. The van der Waals surface area contributed by atoms with E-state index in [-0.39, 0.29) is 5.91 Å². The Hall–Kier alpha value is -3.17. The van der Waals surface area contributed by atoms with Crippen molar-refractivity contribution in [2.45, 2.75) is 51.2 Å². The molecule has 6 rings (SSSR count). The number of carbonyl (C=O) groups is 1. The van der Waals surface area contributed by atoms with Crippen LogP contribution in [0.1, 0.15) is 49.1 Å². The Bertz CT molecular complexity index is 1180. The van der Waals surface area contributed by atoms with Crippen LogP contribution < -0.4 is 15.0 Å². The van der Waals surface area contributed by atoms with Gasteiger partial charge in [0.2, 0.25) is 5.91 Å². The standard InChI is InChI=1S/C29H38N6O3/c1-3-5-23-28-25(32-29-22(19-38-28)26(6-9-30-29)33-12-14-37-15-13-33)16-24(31-23)20-17-35(18-20)21-7-10-34(11-8-21)27(36)4-2/h4,6,9,16,20-21H,2-3,5,7-8,10-15,17-19H2,1H3,(H,30,32). The summed E-state index contributed by atoms with van der Waals surface area (Å²) in [6.07, 6.45) is 7.24. The number of fused-ring (bicyclic) bond motifs is 2. The summed E-state index contributed by atoms with van der Waals surface area (Å²) in [6.45, 7) is 13.1. The maximum atomic E-state index is 11.9. The average Bonchev–Trinajstić information content (AvgIpc) is 3.12. The molecule has 0 spiro atoms. The number of nitrogens with zero attached hydrogens (tertiary/aromatic N) is 5. The van der Waals surface area contributed by atoms with Crippen molar-refractivity contribution < 1.29 is 14.3 Å². The summed E-state index contributed by atoms with van der Waals surface area (Å²) >= 11 is 0. The molecule has 0 saturated carbocycles. The highest BCUT2D eigenvalue weighted by atomic mass is 16.5. The van der Waals surface area contributed by atoms with E-state index >= 15 is 0 Å². The molecule has 0 bridgehead atoms. The summed E-state index contributed by atoms with van der Waals surface area (Å²) in [5.74, 6) is 2.17. The van der Waals surface area contributed by atoms with Crippen LogP contribution in [0.2, 0.25) is 0 Å². The van der Waals surface area contributed by atoms with E-state index in [1.807, 2.05) is 11.1 Å². The van der Waals surface area contributed by atoms with Crippen molar-refractivity contribution in [2.75, 3.05) is 62.7 Å². The smallest absolute Gasteiger partial charge is 0.245 e. The van der Waals surface area contributed by atoms with Gasteiger partial charge in [-0.15, -0.1) is 0 Å². The van der Waals surface area contributed by atoms with Gasteiger partial charge >= 0.3 is 0 Å². The number of ether oxygens (including phenoxy) is 2. The molecule has 6 heterocycles. The monoisotopic (exact) mass is 518 g/mol. The summed E-state index contributed by atoms with van der Waals surface area (Å²) < 4.78 is 12.0. The van der Waals surface area contributed by atoms with Crippen molar-refractivity contribution in [2.24, 2.45) is 0 Å². The number of hydrogen-bond donors (Lipinski definition) is 1. The molecule has 1 N–H and O–H groups in total. The molecule has 0 radical (unpaired) electrons. The Morgan fingerprint density at radius 1 is 1.21 bits per heavy atom. The average molecular weight is 519 g/mol. The summed E-state index contributed by atoms with van der Waals surface area (Å²) in [5.41, 5.74) is 5.39. The van der Waals surface area contributed by atoms with Crippen LogP contribution in [-0.2, 0) is 22.6 Å². The second-order valence-electron chi connectivity index (χ2n) is 10.7. The predicted octanol–water partition coefficient (Wildman–Crippen LogP) is 3.48. The molecule has 0 atom stereocenters. The van der Waals surface area contributed by atoms with Crippen molar-refractivity contribution in [1.82, 2.24) is 19.8 Å². The first-order chi connectivity index (χ1) is 18.6. The van der Waals surface area contributed by atoms with E-state index in [2.05, 4.69) is 40.8 Å². The van der Waals surface area contributed by atoms with Gasteiger partial charge in [-0.25, -0.2) is 4.98 Å². The fourth-order valence-corrected chi connectivity index (χ4v) is 6.16. The molecule has 9 nitrogen and oxygen atoms in total. The molecule has 2 aromatic rings. The van der Waals surface area contributed by atoms with Gasteiger partial charge in [0, 0.05) is 68.8 Å². The first kappa shape index (κ1) is 25.1. The van der Waals surface area contributed by atoms with Gasteiger partial charge in [0.25, 0.3) is 0 Å². The van der Waals surface area contributed by atoms with Crippen molar-refractivity contribution in [3.05, 3.63) is 47.9 Å². The van der Waals surface area contributed by atoms with E-state index in [1.165, 1.54) is 11.8 Å². The lowest BCUT2D eigenvalue weighted by Gasteiger charge is -2.47. The first-order valence-electron chi connectivity index (χ1n) is 14.0. The summed E-state index contributed by atoms with van der Waals surface area (Å²) in [5, 5.41) is 3.63. The summed E-state index contributed by atoms with van der Waals surface area (Å²) in [6, 6.07) is 4.80. The molecule has 0 aromatic carbocycles. The second-order valence-corrected chi connectivity index (χ2v) is 10.7. The number of aryl methyl sites for hydroxylation is 1. The first-order valence-corrected chi connectivity index (χ1v) is 14.0. The van der Waals surface area contributed by atoms with Crippen molar-refractivity contribution in [1.29, 1.82) is 0 Å². The topological polar surface area (TPSA) is 83.1 Å². The zero-order valence-corrected chi connectivity index (χ0v) is 22.3. The molecule has 4 aliphatic rings. The number of likely N-dealkylation sites (tertiary alicyclic amines) is 2. The van der Waals surface area contributed by atoms with Crippen LogP contribution in [0.25, 0.3) is 0 Å². The fourth-order valence-electron chi connectivity index (χ4n) is 6.16. The molecular weight excluding hydrogens is 480 g/mol. The fraction of sp³-hybridized carbons (Fsp3) is 0.552. The van der Waals surface area contributed by atoms with Crippen molar-refractivity contribution in [3.63, 3.8) is 0 Å². The summed E-state index contributed by atoms with van der Waals surface area (Å²) in [7, 11) is 0. The number of rotatable bonds is 6. The molecule has 0 aliphatic carbocycles. The molecule has 2 aromatic heterocycles. The molecule has 202 valence electrons. The van der Waals surface area contributed by atoms with Crippen LogP contribution in [0, 0.1) is 0 Å². The van der Waals surface area contributed by atoms with Crippen LogP contribution in [0.4, 0.5) is 17.2 Å². The third kappa shape index (κ3) is 4.85. The molecule has 38 heavy (non-hydrogen) atoms. The second kappa shape index (κ2) is 10.9. The lowest BCUT2D eigenvalue weighted by molar-refractivity contribution is -0.127. The van der Waals surface area contributed by atoms with Crippen LogP contribution in [-0.4, -0.2) is 84.2 Å². The SMILES string of the molecule is C=CC(=O)N1CCC(N2CC(c3cc4c(c(CCC)n3)OCc3c(N5CCOCC5)ccnc3N4)C2)CC1. The zero-order chi connectivity index (χ0) is 26.1. The number of nitrogens with one attached hydrogen (secondary N) is 1. The van der Waals surface area contributed by atoms with E-state index in [9.17, 15) is 4.79 Å². The Labute approximate surface area is 224 Å². The third-order valence-corrected chi connectivity index (χ3v) is 8.34. The molecule has 0 unspecified atom stereocenters. The summed E-state index contributed by atoms with van der Waals surface area (Å²) in [4.78, 5) is 28.6. The Kier molecular flexibility index (Phi) is 7.21. The van der Waals surface area contributed by atoms with E-state index in [1.54, 1.807) is 0 Å². The van der Waals surface area contributed by atoms with Gasteiger partial charge in [0.1, 0.15) is 12.4 Å². The molecule has 3 saturated heterocycles. The molecule has 9 heteroatoms. The van der Waals surface area contributed by atoms with Gasteiger partial charge in [-0.1, -0.05) is 19.9 Å². The van der Waals surface area contributed by atoms with E-state index in [0.717, 1.165) is 112 Å². The molecular formula is C29H38N6O3. The maximum Gasteiger partial charge on any atom is 0.245 e. The van der Waals surface area contributed by atoms with Crippen molar-refractivity contribution >= 4 is 23.1 Å². The largest absolute Gasteiger partial charge is 0.485 e. The highest BCUT2D eigenvalue weighted by Gasteiger charge is 2.37. The number of anilines is 3. The van der Waals surface area contributed by atoms with Gasteiger partial charge in [-0.2, -0.15) is 0 Å². The number of piperidine rings is 1. The van der Waals surface area contributed by atoms with Gasteiger partial charge < -0.3 is 24.6 Å². The number of carbonyl (C=O) groups excluding carboxylic acids is 1. The zero-order valence-electron chi connectivity index (χ0n) is 22.3. The van der Waals surface area contributed by atoms with Crippen LogP contribution >= 0.6 is 0 Å². The van der Waals surface area contributed by atoms with Crippen LogP contribution in [0.3, 0.4) is 0 Å². The highest BCUT2D eigenvalue weighted by Crippen LogP contribution is 2.41. The molecule has 1 amide bonds. The number of amides is 1. The van der Waals surface area contributed by atoms with Gasteiger partial charge in [0.15, 0.2) is 5.75 Å².